The van der Waals surface area contributed by atoms with E-state index in [0.29, 0.717) is 0 Å². The Balaban J connectivity index is 3.60. The van der Waals surface area contributed by atoms with E-state index >= 15 is 0 Å². The molecule has 0 amide bonds. The molecule has 1 atom stereocenters. The molecule has 1 rings (SSSR count). The lowest BCUT2D eigenvalue weighted by Crippen LogP contribution is -2.77. The van der Waals surface area contributed by atoms with Crippen molar-refractivity contribution in [3.63, 3.8) is 0 Å². The summed E-state index contributed by atoms with van der Waals surface area (Å²) in [5.41, 5.74) is -5.03. The first-order valence-electron chi connectivity index (χ1n) is 5.83. The van der Waals surface area contributed by atoms with Crippen molar-refractivity contribution in [2.24, 2.45) is 10.8 Å². The third-order valence-corrected chi connectivity index (χ3v) is 5.07. The minimum Gasteiger partial charge on any atom is -0.354 e. The Hall–Kier alpha value is -0.430. The molecule has 0 aromatic heterocycles. The maximum atomic E-state index is 14.3. The van der Waals surface area contributed by atoms with Crippen LogP contribution in [0.1, 0.15) is 41.5 Å². The first-order chi connectivity index (χ1) is 7.96. The summed E-state index contributed by atoms with van der Waals surface area (Å²) in [6, 6.07) is 0. The second-order valence-corrected chi connectivity index (χ2v) is 6.58. The van der Waals surface area contributed by atoms with Crippen molar-refractivity contribution >= 4 is 0 Å². The Morgan fingerprint density at radius 1 is 0.842 bits per heavy atom. The largest absolute Gasteiger partial charge is 0.449 e. The van der Waals surface area contributed by atoms with Gasteiger partial charge in [-0.05, 0) is 13.8 Å². The number of aliphatic hydroxyl groups is 1. The van der Waals surface area contributed by atoms with Gasteiger partial charge < -0.3 is 9.84 Å². The summed E-state index contributed by atoms with van der Waals surface area (Å²) in [7, 11) is 0. The molecule has 1 aliphatic rings. The molecule has 114 valence electrons. The molecule has 0 aliphatic carbocycles. The van der Waals surface area contributed by atoms with Gasteiger partial charge in [-0.1, -0.05) is 27.7 Å². The molecule has 0 aromatic carbocycles. The van der Waals surface area contributed by atoms with Gasteiger partial charge >= 0.3 is 17.9 Å². The van der Waals surface area contributed by atoms with Crippen LogP contribution >= 0.6 is 0 Å². The second kappa shape index (κ2) is 3.61. The minimum absolute atomic E-state index is 1.01. The topological polar surface area (TPSA) is 29.5 Å². The van der Waals surface area contributed by atoms with E-state index in [4.69, 9.17) is 0 Å². The molecule has 2 nitrogen and oxygen atoms in total. The molecule has 0 aromatic rings. The molecule has 1 unspecified atom stereocenters. The normalized spacial score (nSPS) is 36.0. The quantitative estimate of drug-likeness (QED) is 0.689. The maximum Gasteiger partial charge on any atom is 0.449 e. The average molecular weight is 290 g/mol. The Bertz CT molecular complexity index is 384. The van der Waals surface area contributed by atoms with Crippen molar-refractivity contribution in [2.75, 3.05) is 0 Å². The van der Waals surface area contributed by atoms with E-state index in [0.717, 1.165) is 13.8 Å². The molecular weight excluding hydrogens is 271 g/mol. The van der Waals surface area contributed by atoms with Crippen LogP contribution in [0, 0.1) is 10.8 Å². The zero-order valence-corrected chi connectivity index (χ0v) is 11.7. The number of ether oxygens (including phenoxy) is 1. The van der Waals surface area contributed by atoms with Crippen LogP contribution in [-0.2, 0) is 4.74 Å². The summed E-state index contributed by atoms with van der Waals surface area (Å²) in [6.07, 6.45) is -5.60. The first-order valence-corrected chi connectivity index (χ1v) is 5.83. The van der Waals surface area contributed by atoms with E-state index in [1.807, 2.05) is 0 Å². The lowest BCUT2D eigenvalue weighted by atomic mass is 9.54. The van der Waals surface area contributed by atoms with E-state index in [2.05, 4.69) is 4.74 Å². The van der Waals surface area contributed by atoms with Gasteiger partial charge in [0.05, 0.1) is 5.60 Å². The summed E-state index contributed by atoms with van der Waals surface area (Å²) >= 11 is 0. The number of halogens is 5. The van der Waals surface area contributed by atoms with Crippen molar-refractivity contribution in [1.82, 2.24) is 0 Å². The number of alkyl halides is 5. The van der Waals surface area contributed by atoms with Crippen LogP contribution in [0.15, 0.2) is 0 Å². The summed E-state index contributed by atoms with van der Waals surface area (Å²) in [5, 5.41) is 9.54. The molecule has 0 spiro atoms. The Labute approximate surface area is 108 Å². The molecule has 19 heavy (non-hydrogen) atoms. The van der Waals surface area contributed by atoms with Crippen LogP contribution in [0.4, 0.5) is 22.0 Å². The third-order valence-electron chi connectivity index (χ3n) is 5.07. The monoisotopic (exact) mass is 290 g/mol. The van der Waals surface area contributed by atoms with E-state index < -0.39 is 34.3 Å². The molecule has 0 bridgehead atoms. The predicted molar refractivity (Wildman–Crippen MR) is 58.7 cm³/mol. The van der Waals surface area contributed by atoms with Crippen molar-refractivity contribution in [2.45, 2.75) is 65.0 Å². The zero-order valence-electron chi connectivity index (χ0n) is 11.7. The third kappa shape index (κ3) is 1.67. The molecule has 0 radical (unpaired) electrons. The number of hydrogen-bond donors (Lipinski definition) is 1. The second-order valence-electron chi connectivity index (χ2n) is 6.58. The van der Waals surface area contributed by atoms with Crippen LogP contribution in [0.5, 0.6) is 0 Å². The number of rotatable bonds is 0. The fourth-order valence-corrected chi connectivity index (χ4v) is 2.37. The zero-order chi connectivity index (χ0) is 15.7. The SMILES string of the molecule is CC1(C)OC(O)(C(F)(F)F)C(F)(F)C(C)(C)C1(C)C. The van der Waals surface area contributed by atoms with Gasteiger partial charge in [0.2, 0.25) is 0 Å². The van der Waals surface area contributed by atoms with Gasteiger partial charge in [0.15, 0.2) is 0 Å². The molecule has 1 fully saturated rings. The van der Waals surface area contributed by atoms with Crippen molar-refractivity contribution in [1.29, 1.82) is 0 Å². The highest BCUT2D eigenvalue weighted by atomic mass is 19.4. The minimum atomic E-state index is -5.60. The average Bonchev–Trinajstić information content (AvgIpc) is 2.12. The van der Waals surface area contributed by atoms with Crippen LogP contribution in [0.2, 0.25) is 0 Å². The van der Waals surface area contributed by atoms with Crippen LogP contribution < -0.4 is 0 Å². The fourth-order valence-electron chi connectivity index (χ4n) is 2.37. The summed E-state index contributed by atoms with van der Waals surface area (Å²) in [6.45, 7) is 7.34. The fraction of sp³-hybridized carbons (Fsp3) is 1.00. The van der Waals surface area contributed by atoms with Crippen LogP contribution in [0.25, 0.3) is 0 Å². The summed E-state index contributed by atoms with van der Waals surface area (Å²) in [5.74, 6) is -8.99. The highest BCUT2D eigenvalue weighted by Crippen LogP contribution is 2.66. The van der Waals surface area contributed by atoms with Crippen molar-refractivity contribution in [3.8, 4) is 0 Å². The molecule has 1 aliphatic heterocycles. The van der Waals surface area contributed by atoms with Gasteiger partial charge in [-0.15, -0.1) is 0 Å². The molecule has 1 saturated heterocycles. The van der Waals surface area contributed by atoms with Crippen molar-refractivity contribution in [3.05, 3.63) is 0 Å². The van der Waals surface area contributed by atoms with Crippen LogP contribution in [-0.4, -0.2) is 28.6 Å². The smallest absolute Gasteiger partial charge is 0.354 e. The van der Waals surface area contributed by atoms with Gasteiger partial charge in [0.25, 0.3) is 0 Å². The Morgan fingerprint density at radius 2 is 1.21 bits per heavy atom. The van der Waals surface area contributed by atoms with Crippen molar-refractivity contribution < 1.29 is 31.8 Å². The van der Waals surface area contributed by atoms with Gasteiger partial charge in [0, 0.05) is 10.8 Å². The van der Waals surface area contributed by atoms with Crippen LogP contribution in [0.3, 0.4) is 0 Å². The van der Waals surface area contributed by atoms with E-state index in [-0.39, 0.29) is 0 Å². The van der Waals surface area contributed by atoms with Gasteiger partial charge in [-0.2, -0.15) is 22.0 Å². The Morgan fingerprint density at radius 3 is 1.53 bits per heavy atom. The van der Waals surface area contributed by atoms with E-state index in [9.17, 15) is 27.1 Å². The summed E-state index contributed by atoms with van der Waals surface area (Å²) in [4.78, 5) is 0. The first kappa shape index (κ1) is 16.6. The maximum absolute atomic E-state index is 14.3. The van der Waals surface area contributed by atoms with E-state index in [1.165, 1.54) is 27.7 Å². The lowest BCUT2D eigenvalue weighted by Gasteiger charge is -2.63. The number of hydrogen-bond acceptors (Lipinski definition) is 2. The molecular formula is C12H19F5O2. The Kier molecular flexibility index (Phi) is 3.16. The standard InChI is InChI=1S/C12H19F5O2/c1-7(2)8(3,4)10(13,14)11(18,12(15,16)17)19-9(7,5)6/h18H,1-6H3. The molecule has 7 heteroatoms. The van der Waals surface area contributed by atoms with E-state index in [1.54, 1.807) is 0 Å². The molecule has 1 N–H and O–H groups in total. The summed E-state index contributed by atoms with van der Waals surface area (Å²) < 4.78 is 71.7. The predicted octanol–water partition coefficient (Wildman–Crippen LogP) is 3.73. The van der Waals surface area contributed by atoms with Gasteiger partial charge in [-0.25, -0.2) is 0 Å². The lowest BCUT2D eigenvalue weighted by molar-refractivity contribution is -0.508. The van der Waals surface area contributed by atoms with Gasteiger partial charge in [0.1, 0.15) is 0 Å². The highest BCUT2D eigenvalue weighted by molar-refractivity contribution is 5.15. The molecule has 1 heterocycles. The van der Waals surface area contributed by atoms with Gasteiger partial charge in [-0.3, -0.25) is 0 Å². The molecule has 0 saturated carbocycles. The highest BCUT2D eigenvalue weighted by Gasteiger charge is 2.83.